The van der Waals surface area contributed by atoms with Gasteiger partial charge in [0.2, 0.25) is 10.9 Å². The maximum atomic E-state index is 13.8. The van der Waals surface area contributed by atoms with Crippen LogP contribution in [0.4, 0.5) is 5.13 Å². The smallest absolute Gasteiger partial charge is 0.297 e. The zero-order valence-electron chi connectivity index (χ0n) is 21.0. The summed E-state index contributed by atoms with van der Waals surface area (Å²) in [5.41, 5.74) is 1.80. The first kappa shape index (κ1) is 25.1. The Morgan fingerprint density at radius 2 is 1.85 bits per heavy atom. The standard InChI is InChI=1S/C29H22ClN3O5S/c1-3-23-31-32-29(39-23)33-25(24-26(34)19-14-18(30)10-12-20(19)38-27(24)28(33)35)17-9-11-21(22(13-17)36-2)37-15-16-7-5-4-6-8-16/h4-14,25H,3,15H2,1-2H3. The van der Waals surface area contributed by atoms with E-state index in [0.717, 1.165) is 10.6 Å². The number of fused-ring (bicyclic) bond motifs is 2. The molecule has 1 atom stereocenters. The second-order valence-corrected chi connectivity index (χ2v) is 10.4. The van der Waals surface area contributed by atoms with Crippen LogP contribution in [0.2, 0.25) is 5.02 Å². The fraction of sp³-hybridized carbons (Fsp3) is 0.172. The van der Waals surface area contributed by atoms with Crippen LogP contribution in [0.15, 0.2) is 75.9 Å². The first-order chi connectivity index (χ1) is 19.0. The molecule has 10 heteroatoms. The molecule has 1 aliphatic heterocycles. The van der Waals surface area contributed by atoms with Crippen molar-refractivity contribution in [2.75, 3.05) is 12.0 Å². The number of rotatable bonds is 7. The molecule has 196 valence electrons. The first-order valence-electron chi connectivity index (χ1n) is 12.2. The van der Waals surface area contributed by atoms with E-state index in [9.17, 15) is 9.59 Å². The summed E-state index contributed by atoms with van der Waals surface area (Å²) < 4.78 is 17.7. The number of hydrogen-bond acceptors (Lipinski definition) is 8. The van der Waals surface area contributed by atoms with Crippen LogP contribution in [0.5, 0.6) is 11.5 Å². The number of amides is 1. The van der Waals surface area contributed by atoms with Crippen LogP contribution >= 0.6 is 22.9 Å². The Morgan fingerprint density at radius 1 is 1.03 bits per heavy atom. The summed E-state index contributed by atoms with van der Waals surface area (Å²) in [7, 11) is 1.54. The summed E-state index contributed by atoms with van der Waals surface area (Å²) >= 11 is 7.49. The molecular formula is C29H22ClN3O5S. The summed E-state index contributed by atoms with van der Waals surface area (Å²) in [6, 6.07) is 19.1. The lowest BCUT2D eigenvalue weighted by Crippen LogP contribution is -2.29. The van der Waals surface area contributed by atoms with Crippen LogP contribution in [0.3, 0.4) is 0 Å². The zero-order chi connectivity index (χ0) is 27.1. The van der Waals surface area contributed by atoms with Gasteiger partial charge >= 0.3 is 0 Å². The van der Waals surface area contributed by atoms with E-state index >= 15 is 0 Å². The molecule has 0 saturated heterocycles. The van der Waals surface area contributed by atoms with Crippen molar-refractivity contribution >= 4 is 44.9 Å². The predicted octanol–water partition coefficient (Wildman–Crippen LogP) is 6.20. The van der Waals surface area contributed by atoms with Crippen molar-refractivity contribution in [1.82, 2.24) is 10.2 Å². The number of methoxy groups -OCH3 is 1. The summed E-state index contributed by atoms with van der Waals surface area (Å²) in [4.78, 5) is 29.1. The molecule has 0 saturated carbocycles. The second kappa shape index (κ2) is 10.2. The van der Waals surface area contributed by atoms with E-state index in [4.69, 9.17) is 25.5 Å². The number of carbonyl (C=O) groups is 1. The van der Waals surface area contributed by atoms with E-state index < -0.39 is 11.9 Å². The molecule has 0 fully saturated rings. The highest BCUT2D eigenvalue weighted by Crippen LogP contribution is 2.44. The van der Waals surface area contributed by atoms with Gasteiger partial charge in [0.05, 0.1) is 24.1 Å². The molecule has 0 bridgehead atoms. The van der Waals surface area contributed by atoms with Gasteiger partial charge in [0, 0.05) is 5.02 Å². The molecule has 3 heterocycles. The Labute approximate surface area is 232 Å². The lowest BCUT2D eigenvalue weighted by atomic mass is 9.98. The lowest BCUT2D eigenvalue weighted by molar-refractivity contribution is 0.0970. The van der Waals surface area contributed by atoms with Crippen LogP contribution in [0.25, 0.3) is 11.0 Å². The van der Waals surface area contributed by atoms with E-state index in [1.54, 1.807) is 37.4 Å². The molecule has 8 nitrogen and oxygen atoms in total. The van der Waals surface area contributed by atoms with Gasteiger partial charge in [0.15, 0.2) is 16.9 Å². The Kier molecular flexibility index (Phi) is 6.54. The molecule has 2 aromatic heterocycles. The highest BCUT2D eigenvalue weighted by molar-refractivity contribution is 7.15. The number of hydrogen-bond donors (Lipinski definition) is 0. The molecule has 1 unspecified atom stereocenters. The number of aryl methyl sites for hydroxylation is 1. The average Bonchev–Trinajstić information content (AvgIpc) is 3.55. The van der Waals surface area contributed by atoms with E-state index in [-0.39, 0.29) is 22.3 Å². The van der Waals surface area contributed by atoms with E-state index in [2.05, 4.69) is 10.2 Å². The van der Waals surface area contributed by atoms with Crippen molar-refractivity contribution in [2.45, 2.75) is 26.0 Å². The fourth-order valence-corrected chi connectivity index (χ4v) is 5.63. The third-order valence-corrected chi connectivity index (χ3v) is 7.84. The predicted molar refractivity (Wildman–Crippen MR) is 149 cm³/mol. The highest BCUT2D eigenvalue weighted by atomic mass is 35.5. The molecule has 0 aliphatic carbocycles. The lowest BCUT2D eigenvalue weighted by Gasteiger charge is -2.23. The molecule has 1 amide bonds. The van der Waals surface area contributed by atoms with E-state index in [1.165, 1.54) is 16.2 Å². The van der Waals surface area contributed by atoms with Crippen LogP contribution < -0.4 is 19.8 Å². The normalized spacial score (nSPS) is 14.6. The van der Waals surface area contributed by atoms with Crippen molar-refractivity contribution in [3.63, 3.8) is 0 Å². The number of halogens is 1. The maximum Gasteiger partial charge on any atom is 0.297 e. The number of carbonyl (C=O) groups excluding carboxylic acids is 1. The SMILES string of the molecule is CCc1nnc(N2C(=O)c3oc4ccc(Cl)cc4c(=O)c3C2c2ccc(OCc3ccccc3)c(OC)c2)s1. The van der Waals surface area contributed by atoms with Crippen molar-refractivity contribution in [1.29, 1.82) is 0 Å². The van der Waals surface area contributed by atoms with Gasteiger partial charge < -0.3 is 13.9 Å². The summed E-state index contributed by atoms with van der Waals surface area (Å²) in [5, 5.41) is 10.3. The minimum absolute atomic E-state index is 0.0311. The van der Waals surface area contributed by atoms with Gasteiger partial charge in [-0.15, -0.1) is 10.2 Å². The molecule has 1 aliphatic rings. The van der Waals surface area contributed by atoms with Crippen LogP contribution in [-0.4, -0.2) is 23.2 Å². The van der Waals surface area contributed by atoms with E-state index in [1.807, 2.05) is 43.3 Å². The molecule has 3 aromatic carbocycles. The first-order valence-corrected chi connectivity index (χ1v) is 13.4. The monoisotopic (exact) mass is 559 g/mol. The van der Waals surface area contributed by atoms with E-state index in [0.29, 0.717) is 45.6 Å². The molecule has 39 heavy (non-hydrogen) atoms. The number of aromatic nitrogens is 2. The van der Waals surface area contributed by atoms with Crippen LogP contribution in [0, 0.1) is 0 Å². The fourth-order valence-electron chi connectivity index (χ4n) is 4.65. The number of anilines is 1. The van der Waals surface area contributed by atoms with Gasteiger partial charge in [0.1, 0.15) is 17.2 Å². The van der Waals surface area contributed by atoms with Crippen molar-refractivity contribution in [2.24, 2.45) is 0 Å². The Morgan fingerprint density at radius 3 is 2.59 bits per heavy atom. The Balaban J connectivity index is 1.49. The average molecular weight is 560 g/mol. The quantitative estimate of drug-likeness (QED) is 0.234. The number of ether oxygens (including phenoxy) is 2. The third-order valence-electron chi connectivity index (χ3n) is 6.54. The Bertz CT molecular complexity index is 1770. The van der Waals surface area contributed by atoms with Gasteiger partial charge in [-0.25, -0.2) is 0 Å². The molecule has 0 radical (unpaired) electrons. The maximum absolute atomic E-state index is 13.8. The zero-order valence-corrected chi connectivity index (χ0v) is 22.6. The highest BCUT2D eigenvalue weighted by Gasteiger charge is 2.45. The largest absolute Gasteiger partial charge is 0.493 e. The molecular weight excluding hydrogens is 538 g/mol. The van der Waals surface area contributed by atoms with Crippen molar-refractivity contribution < 1.29 is 18.7 Å². The number of nitrogens with zero attached hydrogens (tertiary/aromatic N) is 3. The van der Waals surface area contributed by atoms with Crippen molar-refractivity contribution in [3.8, 4) is 11.5 Å². The van der Waals surface area contributed by atoms with Gasteiger partial charge in [-0.3, -0.25) is 14.5 Å². The molecule has 0 N–H and O–H groups in total. The van der Waals surface area contributed by atoms with Crippen LogP contribution in [-0.2, 0) is 13.0 Å². The second-order valence-electron chi connectivity index (χ2n) is 8.91. The summed E-state index contributed by atoms with van der Waals surface area (Å²) in [6.07, 6.45) is 0.665. The molecule has 5 aromatic rings. The number of benzene rings is 3. The third kappa shape index (κ3) is 4.43. The van der Waals surface area contributed by atoms with Crippen molar-refractivity contribution in [3.05, 3.63) is 109 Å². The Hall–Kier alpha value is -4.21. The minimum atomic E-state index is -0.818. The summed E-state index contributed by atoms with van der Waals surface area (Å²) in [5.74, 6) is 0.495. The topological polar surface area (TPSA) is 94.8 Å². The van der Waals surface area contributed by atoms with Gasteiger partial charge in [-0.2, -0.15) is 0 Å². The van der Waals surface area contributed by atoms with Gasteiger partial charge in [-0.1, -0.05) is 66.3 Å². The molecule has 0 spiro atoms. The summed E-state index contributed by atoms with van der Waals surface area (Å²) in [6.45, 7) is 2.32. The minimum Gasteiger partial charge on any atom is -0.493 e. The van der Waals surface area contributed by atoms with Gasteiger partial charge in [-0.05, 0) is 47.9 Å². The van der Waals surface area contributed by atoms with Gasteiger partial charge in [0.25, 0.3) is 5.91 Å². The van der Waals surface area contributed by atoms with Crippen LogP contribution in [0.1, 0.15) is 45.2 Å². The molecule has 6 rings (SSSR count).